The average Bonchev–Trinajstić information content (AvgIpc) is 3.29. The minimum Gasteiger partial charge on any atom is -0.491 e. The van der Waals surface area contributed by atoms with Crippen molar-refractivity contribution in [2.75, 3.05) is 19.1 Å². The summed E-state index contributed by atoms with van der Waals surface area (Å²) in [4.78, 5) is 22.8. The molecule has 1 amide bonds. The molecule has 0 unspecified atom stereocenters. The van der Waals surface area contributed by atoms with Crippen molar-refractivity contribution < 1.29 is 27.4 Å². The van der Waals surface area contributed by atoms with E-state index in [0.717, 1.165) is 4.68 Å². The Balaban J connectivity index is 1.60. The number of carbonyl (C=O) groups excluding carboxylic acids is 1. The standard InChI is InChI=1S/C19H16F3N5O3/c1-29-16-5-11(6-23-17(16)30-2)14-4-3-13-15(25-14)9-27(18(13)28)12-7-24-26(8-12)10-19(20,21)22/h3-8H,9-10H2,1-2H3. The van der Waals surface area contributed by atoms with Crippen molar-refractivity contribution in [2.24, 2.45) is 0 Å². The lowest BCUT2D eigenvalue weighted by Crippen LogP contribution is -2.22. The van der Waals surface area contributed by atoms with Gasteiger partial charge in [0.2, 0.25) is 0 Å². The molecule has 0 N–H and O–H groups in total. The molecule has 30 heavy (non-hydrogen) atoms. The summed E-state index contributed by atoms with van der Waals surface area (Å²) in [6.07, 6.45) is -0.401. The first kappa shape index (κ1) is 19.7. The zero-order valence-corrected chi connectivity index (χ0v) is 16.0. The normalized spacial score (nSPS) is 13.5. The number of pyridine rings is 2. The number of hydrogen-bond donors (Lipinski definition) is 0. The van der Waals surface area contributed by atoms with Crippen LogP contribution in [0, 0.1) is 0 Å². The number of ether oxygens (including phenoxy) is 2. The minimum atomic E-state index is -4.40. The van der Waals surface area contributed by atoms with Crippen molar-refractivity contribution in [3.05, 3.63) is 48.0 Å². The Morgan fingerprint density at radius 3 is 2.67 bits per heavy atom. The Hall–Kier alpha value is -3.63. The lowest BCUT2D eigenvalue weighted by Gasteiger charge is -2.12. The Morgan fingerprint density at radius 1 is 1.17 bits per heavy atom. The van der Waals surface area contributed by atoms with Crippen molar-refractivity contribution in [1.29, 1.82) is 0 Å². The molecule has 0 bridgehead atoms. The molecule has 4 heterocycles. The van der Waals surface area contributed by atoms with E-state index >= 15 is 0 Å². The van der Waals surface area contributed by atoms with Gasteiger partial charge in [0.25, 0.3) is 11.8 Å². The molecule has 0 aliphatic carbocycles. The van der Waals surface area contributed by atoms with Crippen LogP contribution in [0.15, 0.2) is 36.8 Å². The van der Waals surface area contributed by atoms with Gasteiger partial charge < -0.3 is 9.47 Å². The molecule has 156 valence electrons. The van der Waals surface area contributed by atoms with Gasteiger partial charge in [-0.1, -0.05) is 0 Å². The summed E-state index contributed by atoms with van der Waals surface area (Å²) >= 11 is 0. The van der Waals surface area contributed by atoms with E-state index in [1.807, 2.05) is 0 Å². The highest BCUT2D eigenvalue weighted by atomic mass is 19.4. The van der Waals surface area contributed by atoms with Crippen LogP contribution in [0.3, 0.4) is 0 Å². The van der Waals surface area contributed by atoms with Crippen LogP contribution in [0.1, 0.15) is 16.1 Å². The van der Waals surface area contributed by atoms with Gasteiger partial charge in [0, 0.05) is 18.0 Å². The van der Waals surface area contributed by atoms with E-state index in [-0.39, 0.29) is 18.1 Å². The van der Waals surface area contributed by atoms with Crippen LogP contribution in [-0.2, 0) is 13.1 Å². The Morgan fingerprint density at radius 2 is 1.97 bits per heavy atom. The number of aromatic nitrogens is 4. The predicted octanol–water partition coefficient (Wildman–Crippen LogP) is 3.08. The summed E-state index contributed by atoms with van der Waals surface area (Å²) in [7, 11) is 2.98. The number of hydrogen-bond acceptors (Lipinski definition) is 6. The van der Waals surface area contributed by atoms with E-state index in [1.165, 1.54) is 31.5 Å². The van der Waals surface area contributed by atoms with Crippen LogP contribution in [-0.4, -0.2) is 46.1 Å². The Kier molecular flexibility index (Phi) is 4.80. The van der Waals surface area contributed by atoms with Crippen molar-refractivity contribution in [1.82, 2.24) is 19.7 Å². The molecule has 0 saturated heterocycles. The monoisotopic (exact) mass is 419 g/mol. The first-order chi connectivity index (χ1) is 14.3. The van der Waals surface area contributed by atoms with E-state index in [1.54, 1.807) is 24.4 Å². The van der Waals surface area contributed by atoms with Gasteiger partial charge in [0.1, 0.15) is 6.54 Å². The van der Waals surface area contributed by atoms with Crippen LogP contribution < -0.4 is 14.4 Å². The summed E-state index contributed by atoms with van der Waals surface area (Å²) in [6, 6.07) is 5.03. The highest BCUT2D eigenvalue weighted by Crippen LogP contribution is 2.32. The zero-order valence-electron chi connectivity index (χ0n) is 16.0. The fourth-order valence-corrected chi connectivity index (χ4v) is 3.19. The van der Waals surface area contributed by atoms with Gasteiger partial charge in [-0.2, -0.15) is 18.3 Å². The van der Waals surface area contributed by atoms with Crippen LogP contribution in [0.25, 0.3) is 11.3 Å². The first-order valence-electron chi connectivity index (χ1n) is 8.78. The second-order valence-corrected chi connectivity index (χ2v) is 6.53. The largest absolute Gasteiger partial charge is 0.491 e. The van der Waals surface area contributed by atoms with Crippen molar-refractivity contribution >= 4 is 11.6 Å². The Labute approximate surface area is 168 Å². The van der Waals surface area contributed by atoms with Crippen LogP contribution in [0.2, 0.25) is 0 Å². The topological polar surface area (TPSA) is 82.4 Å². The third-order valence-electron chi connectivity index (χ3n) is 4.56. The number of rotatable bonds is 5. The van der Waals surface area contributed by atoms with Crippen molar-refractivity contribution in [3.63, 3.8) is 0 Å². The van der Waals surface area contributed by atoms with Gasteiger partial charge in [-0.25, -0.2) is 4.98 Å². The minimum absolute atomic E-state index is 0.125. The van der Waals surface area contributed by atoms with Crippen molar-refractivity contribution in [3.8, 4) is 22.9 Å². The van der Waals surface area contributed by atoms with E-state index in [4.69, 9.17) is 9.47 Å². The lowest BCUT2D eigenvalue weighted by molar-refractivity contribution is -0.142. The second-order valence-electron chi connectivity index (χ2n) is 6.53. The smallest absolute Gasteiger partial charge is 0.408 e. The third kappa shape index (κ3) is 3.65. The quantitative estimate of drug-likeness (QED) is 0.632. The van der Waals surface area contributed by atoms with E-state index in [0.29, 0.717) is 34.1 Å². The molecule has 3 aromatic rings. The van der Waals surface area contributed by atoms with E-state index in [2.05, 4.69) is 15.1 Å². The van der Waals surface area contributed by atoms with Gasteiger partial charge >= 0.3 is 6.18 Å². The fourth-order valence-electron chi connectivity index (χ4n) is 3.19. The maximum Gasteiger partial charge on any atom is 0.408 e. The maximum atomic E-state index is 12.7. The summed E-state index contributed by atoms with van der Waals surface area (Å²) in [5, 5.41) is 3.69. The highest BCUT2D eigenvalue weighted by Gasteiger charge is 2.32. The number of anilines is 1. The third-order valence-corrected chi connectivity index (χ3v) is 4.56. The summed E-state index contributed by atoms with van der Waals surface area (Å²) < 4.78 is 48.8. The number of amides is 1. The fraction of sp³-hybridized carbons (Fsp3) is 0.263. The number of fused-ring (bicyclic) bond motifs is 1. The first-order valence-corrected chi connectivity index (χ1v) is 8.78. The molecule has 0 aromatic carbocycles. The molecule has 0 radical (unpaired) electrons. The molecule has 3 aromatic heterocycles. The maximum absolute atomic E-state index is 12.7. The molecule has 0 spiro atoms. The predicted molar refractivity (Wildman–Crippen MR) is 99.4 cm³/mol. The average molecular weight is 419 g/mol. The van der Waals surface area contributed by atoms with Crippen molar-refractivity contribution in [2.45, 2.75) is 19.3 Å². The molecule has 0 atom stereocenters. The number of methoxy groups -OCH3 is 2. The van der Waals surface area contributed by atoms with Crippen LogP contribution in [0.5, 0.6) is 11.6 Å². The molecule has 11 heteroatoms. The molecule has 4 rings (SSSR count). The second kappa shape index (κ2) is 7.32. The summed E-state index contributed by atoms with van der Waals surface area (Å²) in [5.41, 5.74) is 2.41. The molecule has 0 fully saturated rings. The molecular formula is C19H16F3N5O3. The molecule has 0 saturated carbocycles. The molecule has 1 aliphatic heterocycles. The van der Waals surface area contributed by atoms with Gasteiger partial charge in [-0.05, 0) is 18.2 Å². The van der Waals surface area contributed by atoms with Gasteiger partial charge in [-0.3, -0.25) is 19.4 Å². The number of nitrogens with zero attached hydrogens (tertiary/aromatic N) is 5. The molecule has 1 aliphatic rings. The lowest BCUT2D eigenvalue weighted by atomic mass is 10.1. The van der Waals surface area contributed by atoms with Crippen LogP contribution >= 0.6 is 0 Å². The summed E-state index contributed by atoms with van der Waals surface area (Å²) in [6.45, 7) is -1.10. The number of halogens is 3. The SMILES string of the molecule is COc1cc(-c2ccc3c(n2)CN(c2cnn(CC(F)(F)F)c2)C3=O)cnc1OC. The molecular weight excluding hydrogens is 403 g/mol. The molecule has 8 nitrogen and oxygen atoms in total. The number of alkyl halides is 3. The van der Waals surface area contributed by atoms with Gasteiger partial charge in [0.05, 0.1) is 49.6 Å². The van der Waals surface area contributed by atoms with E-state index in [9.17, 15) is 18.0 Å². The number of carbonyl (C=O) groups is 1. The highest BCUT2D eigenvalue weighted by molar-refractivity contribution is 6.09. The Bertz CT molecular complexity index is 1110. The zero-order chi connectivity index (χ0) is 21.5. The van der Waals surface area contributed by atoms with Crippen LogP contribution in [0.4, 0.5) is 18.9 Å². The summed E-state index contributed by atoms with van der Waals surface area (Å²) in [5.74, 6) is 0.424. The van der Waals surface area contributed by atoms with Gasteiger partial charge in [0.15, 0.2) is 5.75 Å². The van der Waals surface area contributed by atoms with Gasteiger partial charge in [-0.15, -0.1) is 0 Å². The van der Waals surface area contributed by atoms with E-state index < -0.39 is 12.7 Å².